The van der Waals surface area contributed by atoms with Crippen LogP contribution in [0.5, 0.6) is 0 Å². The largest absolute Gasteiger partial charge is 0.444 e. The number of ether oxygens (including phenoxy) is 1. The van der Waals surface area contributed by atoms with Crippen LogP contribution in [0.15, 0.2) is 30.3 Å². The zero-order chi connectivity index (χ0) is 17.6. The molecular formula is C19H30N2O3. The molecule has 1 fully saturated rings. The van der Waals surface area contributed by atoms with Crippen molar-refractivity contribution >= 4 is 6.09 Å². The van der Waals surface area contributed by atoms with Crippen LogP contribution in [-0.2, 0) is 11.3 Å². The first-order valence-corrected chi connectivity index (χ1v) is 8.72. The van der Waals surface area contributed by atoms with E-state index in [1.165, 1.54) is 5.56 Å². The molecule has 1 saturated carbocycles. The minimum atomic E-state index is -0.694. The van der Waals surface area contributed by atoms with Crippen molar-refractivity contribution in [1.82, 2.24) is 10.6 Å². The third-order valence-corrected chi connectivity index (χ3v) is 4.26. The molecule has 0 spiro atoms. The van der Waals surface area contributed by atoms with Crippen LogP contribution in [0.3, 0.4) is 0 Å². The summed E-state index contributed by atoms with van der Waals surface area (Å²) in [5.74, 6) is 0. The summed E-state index contributed by atoms with van der Waals surface area (Å²) in [5, 5.41) is 16.9. The molecule has 1 aliphatic rings. The van der Waals surface area contributed by atoms with Crippen molar-refractivity contribution in [2.24, 2.45) is 0 Å². The SMILES string of the molecule is CC(C)(C)OC(=O)NC1CCC(O)(CNCc2ccccc2)CC1. The van der Waals surface area contributed by atoms with Crippen molar-refractivity contribution in [2.45, 2.75) is 70.2 Å². The van der Waals surface area contributed by atoms with Gasteiger partial charge in [0.2, 0.25) is 0 Å². The normalized spacial score (nSPS) is 24.4. The fraction of sp³-hybridized carbons (Fsp3) is 0.632. The van der Waals surface area contributed by atoms with E-state index in [1.54, 1.807) is 0 Å². The molecule has 0 heterocycles. The third kappa shape index (κ3) is 6.49. The molecule has 3 N–H and O–H groups in total. The predicted octanol–water partition coefficient (Wildman–Crippen LogP) is 2.97. The van der Waals surface area contributed by atoms with Crippen LogP contribution in [-0.4, -0.2) is 35.0 Å². The van der Waals surface area contributed by atoms with Crippen LogP contribution in [0, 0.1) is 0 Å². The first-order chi connectivity index (χ1) is 11.3. The van der Waals surface area contributed by atoms with E-state index in [0.29, 0.717) is 19.4 Å². The smallest absolute Gasteiger partial charge is 0.407 e. The van der Waals surface area contributed by atoms with Gasteiger partial charge in [0.15, 0.2) is 0 Å². The standard InChI is InChI=1S/C19H30N2O3/c1-18(2,3)24-17(22)21-16-9-11-19(23,12-10-16)14-20-13-15-7-5-4-6-8-15/h4-8,16,20,23H,9-14H2,1-3H3,(H,21,22). The van der Waals surface area contributed by atoms with Gasteiger partial charge in [0.05, 0.1) is 5.60 Å². The minimum Gasteiger partial charge on any atom is -0.444 e. The van der Waals surface area contributed by atoms with Crippen LogP contribution in [0.1, 0.15) is 52.0 Å². The maximum absolute atomic E-state index is 11.8. The number of hydrogen-bond donors (Lipinski definition) is 3. The van der Waals surface area contributed by atoms with Gasteiger partial charge >= 0.3 is 6.09 Å². The van der Waals surface area contributed by atoms with Crippen LogP contribution in [0.2, 0.25) is 0 Å². The van der Waals surface area contributed by atoms with Crippen molar-refractivity contribution in [3.05, 3.63) is 35.9 Å². The van der Waals surface area contributed by atoms with E-state index in [-0.39, 0.29) is 12.1 Å². The van der Waals surface area contributed by atoms with E-state index in [1.807, 2.05) is 39.0 Å². The monoisotopic (exact) mass is 334 g/mol. The summed E-state index contributed by atoms with van der Waals surface area (Å²) in [6.45, 7) is 6.88. The highest BCUT2D eigenvalue weighted by Gasteiger charge is 2.33. The van der Waals surface area contributed by atoms with E-state index >= 15 is 0 Å². The van der Waals surface area contributed by atoms with Gasteiger partial charge in [-0.15, -0.1) is 0 Å². The molecule has 1 aromatic rings. The first-order valence-electron chi connectivity index (χ1n) is 8.72. The Hall–Kier alpha value is -1.59. The first kappa shape index (κ1) is 18.7. The molecule has 0 saturated heterocycles. The second-order valence-corrected chi connectivity index (χ2v) is 7.73. The number of hydrogen-bond acceptors (Lipinski definition) is 4. The molecule has 0 aliphatic heterocycles. The second-order valence-electron chi connectivity index (χ2n) is 7.73. The molecule has 1 aliphatic carbocycles. The summed E-state index contributed by atoms with van der Waals surface area (Å²) >= 11 is 0. The topological polar surface area (TPSA) is 70.6 Å². The molecule has 1 aromatic carbocycles. The van der Waals surface area contributed by atoms with Gasteiger partial charge in [0, 0.05) is 19.1 Å². The Morgan fingerprint density at radius 1 is 1.25 bits per heavy atom. The number of alkyl carbamates (subject to hydrolysis) is 1. The molecule has 134 valence electrons. The molecule has 5 heteroatoms. The fourth-order valence-corrected chi connectivity index (χ4v) is 2.99. The van der Waals surface area contributed by atoms with Crippen molar-refractivity contribution in [3.8, 4) is 0 Å². The van der Waals surface area contributed by atoms with E-state index in [2.05, 4.69) is 22.8 Å². The van der Waals surface area contributed by atoms with Crippen LogP contribution < -0.4 is 10.6 Å². The van der Waals surface area contributed by atoms with Crippen molar-refractivity contribution in [3.63, 3.8) is 0 Å². The lowest BCUT2D eigenvalue weighted by atomic mass is 9.82. The van der Waals surface area contributed by atoms with Crippen molar-refractivity contribution < 1.29 is 14.6 Å². The zero-order valence-corrected chi connectivity index (χ0v) is 15.0. The van der Waals surface area contributed by atoms with Crippen molar-refractivity contribution in [2.75, 3.05) is 6.54 Å². The lowest BCUT2D eigenvalue weighted by Crippen LogP contribution is -2.48. The Kier molecular flexibility index (Phi) is 6.24. The number of carbonyl (C=O) groups excluding carboxylic acids is 1. The summed E-state index contributed by atoms with van der Waals surface area (Å²) in [4.78, 5) is 11.8. The third-order valence-electron chi connectivity index (χ3n) is 4.26. The maximum Gasteiger partial charge on any atom is 0.407 e. The second kappa shape index (κ2) is 7.99. The van der Waals surface area contributed by atoms with Gasteiger partial charge in [-0.3, -0.25) is 0 Å². The van der Waals surface area contributed by atoms with E-state index < -0.39 is 11.2 Å². The Morgan fingerprint density at radius 2 is 1.88 bits per heavy atom. The lowest BCUT2D eigenvalue weighted by molar-refractivity contribution is -0.00550. The quantitative estimate of drug-likeness (QED) is 0.774. The number of carbonyl (C=O) groups is 1. The molecule has 1 amide bonds. The average Bonchev–Trinajstić information content (AvgIpc) is 2.49. The summed E-state index contributed by atoms with van der Waals surface area (Å²) in [7, 11) is 0. The van der Waals surface area contributed by atoms with E-state index in [4.69, 9.17) is 4.74 Å². The highest BCUT2D eigenvalue weighted by atomic mass is 16.6. The van der Waals surface area contributed by atoms with Crippen LogP contribution >= 0.6 is 0 Å². The summed E-state index contributed by atoms with van der Waals surface area (Å²) in [6, 6.07) is 10.2. The van der Waals surface area contributed by atoms with Crippen molar-refractivity contribution in [1.29, 1.82) is 0 Å². The number of nitrogens with one attached hydrogen (secondary N) is 2. The Morgan fingerprint density at radius 3 is 2.46 bits per heavy atom. The van der Waals surface area contributed by atoms with Gasteiger partial charge in [-0.05, 0) is 52.0 Å². The molecule has 2 rings (SSSR count). The minimum absolute atomic E-state index is 0.0780. The lowest BCUT2D eigenvalue weighted by Gasteiger charge is -2.36. The van der Waals surface area contributed by atoms with Crippen LogP contribution in [0.25, 0.3) is 0 Å². The molecule has 24 heavy (non-hydrogen) atoms. The van der Waals surface area contributed by atoms with Gasteiger partial charge in [0.1, 0.15) is 5.60 Å². The summed E-state index contributed by atoms with van der Waals surface area (Å²) < 4.78 is 5.28. The predicted molar refractivity (Wildman–Crippen MR) is 94.7 cm³/mol. The molecular weight excluding hydrogens is 304 g/mol. The highest BCUT2D eigenvalue weighted by Crippen LogP contribution is 2.28. The molecule has 0 atom stereocenters. The zero-order valence-electron chi connectivity index (χ0n) is 15.0. The number of rotatable bonds is 5. The Labute approximate surface area is 144 Å². The summed E-state index contributed by atoms with van der Waals surface area (Å²) in [6.07, 6.45) is 2.51. The van der Waals surface area contributed by atoms with E-state index in [9.17, 15) is 9.90 Å². The molecule has 0 radical (unpaired) electrons. The number of aliphatic hydroxyl groups is 1. The average molecular weight is 334 g/mol. The molecule has 0 bridgehead atoms. The maximum atomic E-state index is 11.8. The Balaban J connectivity index is 1.70. The molecule has 5 nitrogen and oxygen atoms in total. The Bertz CT molecular complexity index is 517. The molecule has 0 unspecified atom stereocenters. The van der Waals surface area contributed by atoms with E-state index in [0.717, 1.165) is 19.4 Å². The van der Waals surface area contributed by atoms with Gasteiger partial charge in [0.25, 0.3) is 0 Å². The van der Waals surface area contributed by atoms with Gasteiger partial charge in [-0.25, -0.2) is 4.79 Å². The summed E-state index contributed by atoms with van der Waals surface area (Å²) in [5.41, 5.74) is 0.0308. The van der Waals surface area contributed by atoms with Gasteiger partial charge in [-0.1, -0.05) is 30.3 Å². The van der Waals surface area contributed by atoms with Gasteiger partial charge < -0.3 is 20.5 Å². The number of benzene rings is 1. The fourth-order valence-electron chi connectivity index (χ4n) is 2.99. The van der Waals surface area contributed by atoms with Crippen LogP contribution in [0.4, 0.5) is 4.79 Å². The number of amides is 1. The molecule has 0 aromatic heterocycles. The highest BCUT2D eigenvalue weighted by molar-refractivity contribution is 5.68. The van der Waals surface area contributed by atoms with Gasteiger partial charge in [-0.2, -0.15) is 0 Å².